The predicted octanol–water partition coefficient (Wildman–Crippen LogP) is 2.30. The van der Waals surface area contributed by atoms with Crippen LogP contribution < -0.4 is 10.2 Å². The highest BCUT2D eigenvalue weighted by atomic mass is 16.5. The number of pyridine rings is 1. The van der Waals surface area contributed by atoms with Gasteiger partial charge in [0, 0.05) is 31.7 Å². The summed E-state index contributed by atoms with van der Waals surface area (Å²) in [6.45, 7) is 3.29. The van der Waals surface area contributed by atoms with E-state index < -0.39 is 0 Å². The Morgan fingerprint density at radius 1 is 1.26 bits per heavy atom. The fraction of sp³-hybridized carbons (Fsp3) is 0.667. The van der Waals surface area contributed by atoms with E-state index in [-0.39, 0.29) is 5.91 Å². The van der Waals surface area contributed by atoms with Crippen molar-refractivity contribution in [2.45, 2.75) is 51.0 Å². The molecule has 0 radical (unpaired) electrons. The lowest BCUT2D eigenvalue weighted by Gasteiger charge is -2.28. The van der Waals surface area contributed by atoms with Gasteiger partial charge in [-0.25, -0.2) is 4.98 Å². The Morgan fingerprint density at radius 2 is 2.04 bits per heavy atom. The number of nitrogens with one attached hydrogen (secondary N) is 1. The minimum absolute atomic E-state index is 0.182. The van der Waals surface area contributed by atoms with Crippen LogP contribution in [0.15, 0.2) is 18.3 Å². The van der Waals surface area contributed by atoms with Crippen LogP contribution in [0.5, 0.6) is 0 Å². The lowest BCUT2D eigenvalue weighted by molar-refractivity contribution is -0.121. The number of morpholine rings is 1. The van der Waals surface area contributed by atoms with E-state index in [1.54, 1.807) is 0 Å². The Kier molecular flexibility index (Phi) is 5.86. The van der Waals surface area contributed by atoms with Crippen molar-refractivity contribution in [3.05, 3.63) is 23.9 Å². The zero-order valence-electron chi connectivity index (χ0n) is 13.8. The maximum absolute atomic E-state index is 12.1. The van der Waals surface area contributed by atoms with E-state index in [9.17, 15) is 4.79 Å². The molecule has 126 valence electrons. The molecule has 1 aliphatic heterocycles. The fourth-order valence-corrected chi connectivity index (χ4v) is 3.39. The molecule has 5 nitrogen and oxygen atoms in total. The summed E-state index contributed by atoms with van der Waals surface area (Å²) in [7, 11) is 0. The molecule has 5 heteroatoms. The number of hydrogen-bond acceptors (Lipinski definition) is 4. The summed E-state index contributed by atoms with van der Waals surface area (Å²) < 4.78 is 5.38. The SMILES string of the molecule is O=C(CCc1ccnc(N2CCOCC2)c1)NC1CCCCC1. The van der Waals surface area contributed by atoms with E-state index in [0.29, 0.717) is 12.5 Å². The number of ether oxygens (including phenoxy) is 1. The predicted molar refractivity (Wildman–Crippen MR) is 90.6 cm³/mol. The van der Waals surface area contributed by atoms with Crippen LogP contribution in [-0.2, 0) is 16.0 Å². The van der Waals surface area contributed by atoms with Gasteiger partial charge in [0.1, 0.15) is 5.82 Å². The second kappa shape index (κ2) is 8.29. The van der Waals surface area contributed by atoms with Crippen LogP contribution >= 0.6 is 0 Å². The van der Waals surface area contributed by atoms with Crippen molar-refractivity contribution in [1.82, 2.24) is 10.3 Å². The van der Waals surface area contributed by atoms with Gasteiger partial charge in [0.2, 0.25) is 5.91 Å². The van der Waals surface area contributed by atoms with Crippen molar-refractivity contribution in [3.63, 3.8) is 0 Å². The van der Waals surface area contributed by atoms with Crippen LogP contribution in [0.25, 0.3) is 0 Å². The molecule has 0 unspecified atom stereocenters. The first kappa shape index (κ1) is 16.2. The van der Waals surface area contributed by atoms with E-state index in [0.717, 1.165) is 51.4 Å². The Hall–Kier alpha value is -1.62. The molecule has 2 fully saturated rings. The quantitative estimate of drug-likeness (QED) is 0.905. The molecule has 1 N–H and O–H groups in total. The third-order valence-corrected chi connectivity index (χ3v) is 4.76. The number of hydrogen-bond donors (Lipinski definition) is 1. The summed E-state index contributed by atoms with van der Waals surface area (Å²) in [5.74, 6) is 1.18. The summed E-state index contributed by atoms with van der Waals surface area (Å²) in [5, 5.41) is 3.19. The number of nitrogens with zero attached hydrogens (tertiary/aromatic N) is 2. The van der Waals surface area contributed by atoms with Gasteiger partial charge in [-0.3, -0.25) is 4.79 Å². The van der Waals surface area contributed by atoms with Gasteiger partial charge in [-0.15, -0.1) is 0 Å². The average Bonchev–Trinajstić information content (AvgIpc) is 2.62. The number of aromatic nitrogens is 1. The summed E-state index contributed by atoms with van der Waals surface area (Å²) in [4.78, 5) is 18.8. The van der Waals surface area contributed by atoms with Crippen LogP contribution in [0, 0.1) is 0 Å². The first-order valence-corrected chi connectivity index (χ1v) is 8.88. The second-order valence-corrected chi connectivity index (χ2v) is 6.52. The molecule has 1 saturated carbocycles. The zero-order valence-corrected chi connectivity index (χ0v) is 13.8. The molecule has 0 atom stereocenters. The molecular weight excluding hydrogens is 290 g/mol. The van der Waals surface area contributed by atoms with Crippen LogP contribution in [0.3, 0.4) is 0 Å². The number of amides is 1. The summed E-state index contributed by atoms with van der Waals surface area (Å²) >= 11 is 0. The van der Waals surface area contributed by atoms with Crippen molar-refractivity contribution < 1.29 is 9.53 Å². The van der Waals surface area contributed by atoms with Gasteiger partial charge in [0.15, 0.2) is 0 Å². The van der Waals surface area contributed by atoms with Crippen molar-refractivity contribution in [2.24, 2.45) is 0 Å². The summed E-state index contributed by atoms with van der Waals surface area (Å²) in [5.41, 5.74) is 1.18. The lowest BCUT2D eigenvalue weighted by atomic mass is 9.95. The minimum Gasteiger partial charge on any atom is -0.378 e. The van der Waals surface area contributed by atoms with E-state index in [1.165, 1.54) is 24.8 Å². The monoisotopic (exact) mass is 317 g/mol. The van der Waals surface area contributed by atoms with Crippen molar-refractivity contribution >= 4 is 11.7 Å². The number of aryl methyl sites for hydroxylation is 1. The molecule has 1 saturated heterocycles. The van der Waals surface area contributed by atoms with Crippen LogP contribution in [0.4, 0.5) is 5.82 Å². The standard InChI is InChI=1S/C18H27N3O2/c22-18(20-16-4-2-1-3-5-16)7-6-15-8-9-19-17(14-15)21-10-12-23-13-11-21/h8-9,14,16H,1-7,10-13H2,(H,20,22). The van der Waals surface area contributed by atoms with Crippen LogP contribution in [-0.4, -0.2) is 43.2 Å². The zero-order chi connectivity index (χ0) is 15.9. The van der Waals surface area contributed by atoms with E-state index in [2.05, 4.69) is 21.3 Å². The highest BCUT2D eigenvalue weighted by molar-refractivity contribution is 5.76. The first-order valence-electron chi connectivity index (χ1n) is 8.88. The third kappa shape index (κ3) is 4.93. The van der Waals surface area contributed by atoms with Gasteiger partial charge in [0.25, 0.3) is 0 Å². The van der Waals surface area contributed by atoms with E-state index in [1.807, 2.05) is 12.3 Å². The van der Waals surface area contributed by atoms with Gasteiger partial charge in [-0.2, -0.15) is 0 Å². The summed E-state index contributed by atoms with van der Waals surface area (Å²) in [6.07, 6.45) is 9.27. The molecule has 23 heavy (non-hydrogen) atoms. The number of anilines is 1. The minimum atomic E-state index is 0.182. The topological polar surface area (TPSA) is 54.5 Å². The smallest absolute Gasteiger partial charge is 0.220 e. The highest BCUT2D eigenvalue weighted by Gasteiger charge is 2.16. The second-order valence-electron chi connectivity index (χ2n) is 6.52. The molecule has 2 heterocycles. The Morgan fingerprint density at radius 3 is 2.83 bits per heavy atom. The fourth-order valence-electron chi connectivity index (χ4n) is 3.39. The molecule has 0 spiro atoms. The number of rotatable bonds is 5. The molecular formula is C18H27N3O2. The molecule has 2 aliphatic rings. The van der Waals surface area contributed by atoms with Crippen LogP contribution in [0.2, 0.25) is 0 Å². The lowest BCUT2D eigenvalue weighted by Crippen LogP contribution is -2.37. The maximum atomic E-state index is 12.1. The van der Waals surface area contributed by atoms with Gasteiger partial charge in [0.05, 0.1) is 13.2 Å². The molecule has 1 aromatic heterocycles. The Balaban J connectivity index is 1.48. The third-order valence-electron chi connectivity index (χ3n) is 4.76. The van der Waals surface area contributed by atoms with Crippen LogP contribution in [0.1, 0.15) is 44.1 Å². The first-order chi connectivity index (χ1) is 11.3. The number of carbonyl (C=O) groups excluding carboxylic acids is 1. The summed E-state index contributed by atoms with van der Waals surface area (Å²) in [6, 6.07) is 4.52. The van der Waals surface area contributed by atoms with Crippen molar-refractivity contribution in [2.75, 3.05) is 31.2 Å². The molecule has 3 rings (SSSR count). The van der Waals surface area contributed by atoms with E-state index in [4.69, 9.17) is 4.74 Å². The molecule has 1 aliphatic carbocycles. The van der Waals surface area contributed by atoms with Gasteiger partial charge < -0.3 is 15.0 Å². The average molecular weight is 317 g/mol. The normalized spacial score (nSPS) is 19.6. The maximum Gasteiger partial charge on any atom is 0.220 e. The Labute approximate surface area is 138 Å². The van der Waals surface area contributed by atoms with Gasteiger partial charge >= 0.3 is 0 Å². The van der Waals surface area contributed by atoms with E-state index >= 15 is 0 Å². The Bertz CT molecular complexity index is 509. The highest BCUT2D eigenvalue weighted by Crippen LogP contribution is 2.18. The van der Waals surface area contributed by atoms with Gasteiger partial charge in [-0.05, 0) is 37.0 Å². The van der Waals surface area contributed by atoms with Gasteiger partial charge in [-0.1, -0.05) is 19.3 Å². The number of carbonyl (C=O) groups is 1. The largest absolute Gasteiger partial charge is 0.378 e. The molecule has 0 bridgehead atoms. The van der Waals surface area contributed by atoms with Crippen molar-refractivity contribution in [3.8, 4) is 0 Å². The molecule has 1 aromatic rings. The molecule has 0 aromatic carbocycles. The van der Waals surface area contributed by atoms with Crippen molar-refractivity contribution in [1.29, 1.82) is 0 Å². The molecule has 1 amide bonds.